The first-order valence-corrected chi connectivity index (χ1v) is 15.1. The predicted molar refractivity (Wildman–Crippen MR) is 148 cm³/mol. The summed E-state index contributed by atoms with van der Waals surface area (Å²) in [6.07, 6.45) is -2.56. The molecule has 0 aliphatic carbocycles. The van der Waals surface area contributed by atoms with Crippen molar-refractivity contribution in [1.82, 2.24) is 24.6 Å². The van der Waals surface area contributed by atoms with Crippen LogP contribution in [0.1, 0.15) is 33.9 Å². The summed E-state index contributed by atoms with van der Waals surface area (Å²) in [6.45, 7) is 2.76. The molecule has 1 aliphatic heterocycles. The average Bonchev–Trinajstić information content (AvgIpc) is 3.40. The molecule has 0 bridgehead atoms. The third-order valence-electron chi connectivity index (χ3n) is 6.04. The standard InChI is InChI=1S/C24H33N6O8PS/c1-13(2)36-21(32)14(3)29-39(40,38-15-9-7-6-8-10-15)35-11-16-18(31)24(4,33)22(37-16)30-12-26-17-19(30)27-23(25)28-20(17)34-5/h6-10,12-14,16,18,22,31,33H,11H2,1-5H3,(H,29,40)(H2,25,27,28)/t14?,16-,18-,22-,24-,39?/m1/s1. The van der Waals surface area contributed by atoms with E-state index in [0.29, 0.717) is 11.3 Å². The van der Waals surface area contributed by atoms with E-state index >= 15 is 0 Å². The third kappa shape index (κ3) is 6.36. The normalized spacial score (nSPS) is 25.1. The number of imidazole rings is 1. The summed E-state index contributed by atoms with van der Waals surface area (Å²) in [7, 11) is 1.42. The Kier molecular flexibility index (Phi) is 8.95. The molecule has 16 heteroatoms. The van der Waals surface area contributed by atoms with Gasteiger partial charge in [0.05, 0.1) is 26.1 Å². The molecule has 4 rings (SSSR count). The minimum atomic E-state index is -3.41. The molecule has 0 saturated carbocycles. The lowest BCUT2D eigenvalue weighted by molar-refractivity contribution is -0.149. The number of para-hydroxylation sites is 1. The van der Waals surface area contributed by atoms with Gasteiger partial charge in [0.15, 0.2) is 17.4 Å². The fraction of sp³-hybridized carbons (Fsp3) is 0.500. The van der Waals surface area contributed by atoms with Gasteiger partial charge in [-0.15, -0.1) is 0 Å². The lowest BCUT2D eigenvalue weighted by Gasteiger charge is -2.28. The number of aromatic nitrogens is 4. The third-order valence-corrected chi connectivity index (χ3v) is 8.54. The molecule has 1 fully saturated rings. The van der Waals surface area contributed by atoms with Gasteiger partial charge in [-0.25, -0.2) is 10.1 Å². The Labute approximate surface area is 236 Å². The van der Waals surface area contributed by atoms with Crippen molar-refractivity contribution in [3.8, 4) is 11.6 Å². The number of hydrogen-bond donors (Lipinski definition) is 4. The summed E-state index contributed by atoms with van der Waals surface area (Å²) < 4.78 is 30.0. The van der Waals surface area contributed by atoms with Crippen LogP contribution in [0.15, 0.2) is 36.7 Å². The van der Waals surface area contributed by atoms with E-state index in [1.165, 1.54) is 24.9 Å². The van der Waals surface area contributed by atoms with Crippen molar-refractivity contribution in [2.75, 3.05) is 19.5 Å². The number of nitrogen functional groups attached to an aromatic ring is 1. The number of nitrogens with one attached hydrogen (secondary N) is 1. The molecule has 0 radical (unpaired) electrons. The van der Waals surface area contributed by atoms with E-state index in [1.807, 2.05) is 6.07 Å². The smallest absolute Gasteiger partial charge is 0.323 e. The number of aliphatic hydroxyl groups excluding tert-OH is 1. The highest BCUT2D eigenvalue weighted by Crippen LogP contribution is 2.47. The Balaban J connectivity index is 1.56. The SMILES string of the molecule is COc1nc(N)nc2c1ncn2[C@@H]1O[C@H](COP(=S)(NC(C)C(=O)OC(C)C)Oc2ccccc2)[C@@H](O)[C@@]1(C)O. The molecule has 14 nitrogen and oxygen atoms in total. The van der Waals surface area contributed by atoms with Crippen molar-refractivity contribution in [3.63, 3.8) is 0 Å². The Morgan fingerprint density at radius 1 is 1.30 bits per heavy atom. The van der Waals surface area contributed by atoms with Crippen LogP contribution in [0.3, 0.4) is 0 Å². The summed E-state index contributed by atoms with van der Waals surface area (Å²) >= 11 is 5.73. The molecule has 3 aromatic rings. The Morgan fingerprint density at radius 3 is 2.65 bits per heavy atom. The highest BCUT2D eigenvalue weighted by atomic mass is 32.5. The number of carbonyl (C=O) groups excluding carboxylic acids is 1. The minimum Gasteiger partial charge on any atom is -0.479 e. The zero-order valence-electron chi connectivity index (χ0n) is 22.6. The van der Waals surface area contributed by atoms with Crippen LogP contribution in [0, 0.1) is 0 Å². The molecule has 6 atom stereocenters. The number of carbonyl (C=O) groups is 1. The lowest BCUT2D eigenvalue weighted by Crippen LogP contribution is -2.44. The van der Waals surface area contributed by atoms with Crippen LogP contribution in [-0.2, 0) is 30.6 Å². The van der Waals surface area contributed by atoms with E-state index in [-0.39, 0.29) is 30.2 Å². The number of esters is 1. The first kappa shape index (κ1) is 30.1. The van der Waals surface area contributed by atoms with E-state index < -0.39 is 42.7 Å². The van der Waals surface area contributed by atoms with Crippen LogP contribution in [0.2, 0.25) is 0 Å². The summed E-state index contributed by atoms with van der Waals surface area (Å²) in [4.78, 5) is 24.9. The topological polar surface area (TPSA) is 185 Å². The second kappa shape index (κ2) is 11.9. The highest BCUT2D eigenvalue weighted by molar-refractivity contribution is 8.09. The van der Waals surface area contributed by atoms with Crippen molar-refractivity contribution in [2.24, 2.45) is 0 Å². The number of fused-ring (bicyclic) bond motifs is 1. The zero-order chi connectivity index (χ0) is 29.2. The number of hydrogen-bond acceptors (Lipinski definition) is 13. The van der Waals surface area contributed by atoms with Crippen LogP contribution < -0.4 is 20.1 Å². The van der Waals surface area contributed by atoms with Crippen molar-refractivity contribution in [1.29, 1.82) is 0 Å². The molecule has 3 heterocycles. The molecule has 0 amide bonds. The van der Waals surface area contributed by atoms with E-state index in [4.69, 9.17) is 40.8 Å². The Bertz CT molecular complexity index is 1390. The molecule has 1 aromatic carbocycles. The highest BCUT2D eigenvalue weighted by Gasteiger charge is 2.54. The monoisotopic (exact) mass is 596 g/mol. The van der Waals surface area contributed by atoms with E-state index in [0.717, 1.165) is 0 Å². The average molecular weight is 597 g/mol. The molecule has 2 unspecified atom stereocenters. The summed E-state index contributed by atoms with van der Waals surface area (Å²) in [5.41, 5.74) is 4.54. The Morgan fingerprint density at radius 2 is 2.00 bits per heavy atom. The first-order chi connectivity index (χ1) is 18.8. The summed E-state index contributed by atoms with van der Waals surface area (Å²) in [5, 5.41) is 25.3. The number of rotatable bonds is 11. The maximum absolute atomic E-state index is 12.5. The number of nitrogens with zero attached hydrogens (tertiary/aromatic N) is 4. The predicted octanol–water partition coefficient (Wildman–Crippen LogP) is 1.68. The van der Waals surface area contributed by atoms with Crippen molar-refractivity contribution < 1.29 is 38.3 Å². The number of aliphatic hydroxyl groups is 2. The number of nitrogens with two attached hydrogens (primary N) is 1. The molecule has 2 aromatic heterocycles. The van der Waals surface area contributed by atoms with Crippen molar-refractivity contribution in [3.05, 3.63) is 36.7 Å². The van der Waals surface area contributed by atoms with Crippen LogP contribution >= 0.6 is 6.64 Å². The van der Waals surface area contributed by atoms with Gasteiger partial charge < -0.3 is 39.2 Å². The van der Waals surface area contributed by atoms with E-state index in [2.05, 4.69) is 20.0 Å². The van der Waals surface area contributed by atoms with Gasteiger partial charge in [-0.05, 0) is 51.6 Å². The van der Waals surface area contributed by atoms with Gasteiger partial charge in [-0.2, -0.15) is 9.97 Å². The summed E-state index contributed by atoms with van der Waals surface area (Å²) in [6, 6.07) is 7.86. The fourth-order valence-electron chi connectivity index (χ4n) is 4.10. The molecule has 5 N–H and O–H groups in total. The largest absolute Gasteiger partial charge is 0.479 e. The second-order valence-corrected chi connectivity index (χ2v) is 12.8. The number of methoxy groups -OCH3 is 1. The van der Waals surface area contributed by atoms with Gasteiger partial charge in [0.1, 0.15) is 29.6 Å². The summed E-state index contributed by atoms with van der Waals surface area (Å²) in [5.74, 6) is -0.0432. The number of ether oxygens (including phenoxy) is 3. The van der Waals surface area contributed by atoms with Crippen LogP contribution in [0.4, 0.5) is 5.95 Å². The van der Waals surface area contributed by atoms with Gasteiger partial charge in [0, 0.05) is 0 Å². The van der Waals surface area contributed by atoms with Crippen LogP contribution in [0.25, 0.3) is 11.2 Å². The van der Waals surface area contributed by atoms with Gasteiger partial charge in [0.25, 0.3) is 0 Å². The van der Waals surface area contributed by atoms with Gasteiger partial charge in [-0.3, -0.25) is 9.36 Å². The van der Waals surface area contributed by atoms with Gasteiger partial charge in [0.2, 0.25) is 11.8 Å². The van der Waals surface area contributed by atoms with E-state index in [9.17, 15) is 15.0 Å². The molecular weight excluding hydrogens is 563 g/mol. The molecule has 218 valence electrons. The molecule has 40 heavy (non-hydrogen) atoms. The van der Waals surface area contributed by atoms with E-state index in [1.54, 1.807) is 45.0 Å². The molecule has 0 spiro atoms. The maximum atomic E-state index is 12.5. The first-order valence-electron chi connectivity index (χ1n) is 12.4. The van der Waals surface area contributed by atoms with Crippen molar-refractivity contribution in [2.45, 2.75) is 63.9 Å². The van der Waals surface area contributed by atoms with Crippen LogP contribution in [0.5, 0.6) is 11.6 Å². The molecular formula is C24H33N6O8PS. The maximum Gasteiger partial charge on any atom is 0.323 e. The van der Waals surface area contributed by atoms with Crippen molar-refractivity contribution >= 4 is 41.5 Å². The fourth-order valence-corrected chi connectivity index (χ4v) is 6.52. The minimum absolute atomic E-state index is 0.0703. The molecule has 1 aliphatic rings. The van der Waals surface area contributed by atoms with Gasteiger partial charge in [-0.1, -0.05) is 18.2 Å². The zero-order valence-corrected chi connectivity index (χ0v) is 24.3. The van der Waals surface area contributed by atoms with Crippen LogP contribution in [-0.4, -0.2) is 79.4 Å². The quantitative estimate of drug-likeness (QED) is 0.185. The Hall–Kier alpha value is -2.91. The number of anilines is 1. The number of benzene rings is 1. The second-order valence-electron chi connectivity index (χ2n) is 9.65. The van der Waals surface area contributed by atoms with Gasteiger partial charge >= 0.3 is 12.6 Å². The molecule has 1 saturated heterocycles. The lowest BCUT2D eigenvalue weighted by atomic mass is 9.96.